The molecule has 4 heteroatoms. The predicted molar refractivity (Wildman–Crippen MR) is 91.8 cm³/mol. The summed E-state index contributed by atoms with van der Waals surface area (Å²) in [6.07, 6.45) is 0. The SMILES string of the molecule is CC(=O)c1cc(C)c2c(c1)CO[Si](C(C)(C)C)(C(C)(C)C)O2. The normalized spacial score (nSPS) is 17.6. The third-order valence-corrected chi connectivity index (χ3v) is 9.40. The van der Waals surface area contributed by atoms with Crippen molar-refractivity contribution < 1.29 is 13.6 Å². The van der Waals surface area contributed by atoms with Gasteiger partial charge in [-0.3, -0.25) is 4.79 Å². The van der Waals surface area contributed by atoms with Crippen LogP contribution in [-0.2, 0) is 11.0 Å². The summed E-state index contributed by atoms with van der Waals surface area (Å²) >= 11 is 0. The fourth-order valence-corrected chi connectivity index (χ4v) is 8.25. The second-order valence-corrected chi connectivity index (χ2v) is 13.1. The van der Waals surface area contributed by atoms with E-state index in [9.17, 15) is 4.79 Å². The molecule has 1 aromatic carbocycles. The lowest BCUT2D eigenvalue weighted by Gasteiger charge is -2.51. The van der Waals surface area contributed by atoms with Crippen LogP contribution in [-0.4, -0.2) is 14.3 Å². The lowest BCUT2D eigenvalue weighted by molar-refractivity contribution is 0.101. The van der Waals surface area contributed by atoms with Crippen LogP contribution in [0.1, 0.15) is 70.0 Å². The largest absolute Gasteiger partial charge is 0.519 e. The first kappa shape index (κ1) is 17.2. The minimum absolute atomic E-state index is 0.0470. The van der Waals surface area contributed by atoms with Crippen molar-refractivity contribution in [2.45, 2.75) is 72.1 Å². The van der Waals surface area contributed by atoms with Gasteiger partial charge in [0.2, 0.25) is 0 Å². The van der Waals surface area contributed by atoms with Crippen LogP contribution in [0.5, 0.6) is 5.75 Å². The standard InChI is InChI=1S/C18H28O3Si/c1-12-9-14(13(2)19)10-15-11-20-22(17(3,4)5,18(6,7)8)21-16(12)15/h9-10H,11H2,1-8H3. The molecule has 0 bridgehead atoms. The van der Waals surface area contributed by atoms with Gasteiger partial charge in [-0.1, -0.05) is 41.5 Å². The van der Waals surface area contributed by atoms with E-state index in [1.54, 1.807) is 6.92 Å². The summed E-state index contributed by atoms with van der Waals surface area (Å²) in [4.78, 5) is 11.7. The topological polar surface area (TPSA) is 35.5 Å². The number of fused-ring (bicyclic) bond motifs is 1. The van der Waals surface area contributed by atoms with Gasteiger partial charge in [0.15, 0.2) is 5.78 Å². The maximum absolute atomic E-state index is 11.7. The van der Waals surface area contributed by atoms with Crippen LogP contribution < -0.4 is 4.43 Å². The summed E-state index contributed by atoms with van der Waals surface area (Å²) in [7, 11) is -2.50. The van der Waals surface area contributed by atoms with E-state index in [1.807, 2.05) is 19.1 Å². The Labute approximate surface area is 135 Å². The molecule has 0 aromatic heterocycles. The van der Waals surface area contributed by atoms with Crippen molar-refractivity contribution in [3.63, 3.8) is 0 Å². The average Bonchev–Trinajstić information content (AvgIpc) is 2.35. The van der Waals surface area contributed by atoms with Crippen molar-refractivity contribution in [3.8, 4) is 5.75 Å². The second kappa shape index (κ2) is 5.20. The third kappa shape index (κ3) is 2.63. The Bertz CT molecular complexity index is 592. The van der Waals surface area contributed by atoms with Crippen LogP contribution in [0.3, 0.4) is 0 Å². The highest BCUT2D eigenvalue weighted by Crippen LogP contribution is 2.55. The van der Waals surface area contributed by atoms with E-state index in [4.69, 9.17) is 8.85 Å². The smallest absolute Gasteiger partial charge is 0.410 e. The van der Waals surface area contributed by atoms with Crippen LogP contribution >= 0.6 is 0 Å². The van der Waals surface area contributed by atoms with E-state index < -0.39 is 8.56 Å². The number of aryl methyl sites for hydroxylation is 1. The van der Waals surface area contributed by atoms with E-state index in [0.717, 1.165) is 22.4 Å². The molecule has 1 aliphatic rings. The molecule has 3 nitrogen and oxygen atoms in total. The molecule has 0 saturated heterocycles. The first-order valence-corrected chi connectivity index (χ1v) is 9.68. The molecule has 122 valence electrons. The van der Waals surface area contributed by atoms with Crippen LogP contribution in [0.15, 0.2) is 12.1 Å². The van der Waals surface area contributed by atoms with Crippen LogP contribution in [0.25, 0.3) is 0 Å². The van der Waals surface area contributed by atoms with Gasteiger partial charge in [0, 0.05) is 21.2 Å². The zero-order chi connectivity index (χ0) is 16.9. The van der Waals surface area contributed by atoms with Crippen LogP contribution in [0, 0.1) is 6.92 Å². The molecule has 0 saturated carbocycles. The van der Waals surface area contributed by atoms with Crippen LogP contribution in [0.2, 0.25) is 10.1 Å². The molecule has 22 heavy (non-hydrogen) atoms. The number of Topliss-reactive ketones (excluding diaryl/α,β-unsaturated/α-hetero) is 1. The Morgan fingerprint density at radius 3 is 2.09 bits per heavy atom. The third-order valence-electron chi connectivity index (χ3n) is 4.41. The van der Waals surface area contributed by atoms with Gasteiger partial charge in [0.05, 0.1) is 6.61 Å². The first-order valence-electron chi connectivity index (χ1n) is 7.86. The fraction of sp³-hybridized carbons (Fsp3) is 0.611. The Balaban J connectivity index is 2.57. The maximum Gasteiger partial charge on any atom is 0.410 e. The maximum atomic E-state index is 11.7. The number of benzene rings is 1. The van der Waals surface area contributed by atoms with E-state index in [0.29, 0.717) is 6.61 Å². The molecular formula is C18H28O3Si. The second-order valence-electron chi connectivity index (χ2n) is 8.34. The number of hydrogen-bond donors (Lipinski definition) is 0. The van der Waals surface area contributed by atoms with Crippen molar-refractivity contribution in [2.24, 2.45) is 0 Å². The quantitative estimate of drug-likeness (QED) is 0.530. The predicted octanol–water partition coefficient (Wildman–Crippen LogP) is 5.15. The highest BCUT2D eigenvalue weighted by atomic mass is 28.4. The molecule has 1 heterocycles. The number of carbonyl (C=O) groups is 1. The van der Waals surface area contributed by atoms with Gasteiger partial charge in [-0.15, -0.1) is 0 Å². The summed E-state index contributed by atoms with van der Waals surface area (Å²) in [5.41, 5.74) is 2.74. The zero-order valence-corrected chi connectivity index (χ0v) is 16.1. The van der Waals surface area contributed by atoms with Crippen molar-refractivity contribution in [1.82, 2.24) is 0 Å². The summed E-state index contributed by atoms with van der Waals surface area (Å²) in [6.45, 7) is 17.4. The van der Waals surface area contributed by atoms with E-state index in [2.05, 4.69) is 41.5 Å². The Kier molecular flexibility index (Phi) is 4.07. The molecule has 0 aliphatic carbocycles. The Morgan fingerprint density at radius 2 is 1.64 bits per heavy atom. The molecule has 0 amide bonds. The molecule has 0 spiro atoms. The summed E-state index contributed by atoms with van der Waals surface area (Å²) < 4.78 is 13.0. The van der Waals surface area contributed by atoms with Crippen molar-refractivity contribution in [2.75, 3.05) is 0 Å². The number of ketones is 1. The van der Waals surface area contributed by atoms with Gasteiger partial charge in [0.1, 0.15) is 5.75 Å². The number of carbonyl (C=O) groups excluding carboxylic acids is 1. The fourth-order valence-electron chi connectivity index (χ4n) is 3.52. The monoisotopic (exact) mass is 320 g/mol. The van der Waals surface area contributed by atoms with Crippen molar-refractivity contribution >= 4 is 14.3 Å². The Morgan fingerprint density at radius 1 is 1.09 bits per heavy atom. The highest BCUT2D eigenvalue weighted by Gasteiger charge is 2.61. The molecular weight excluding hydrogens is 292 g/mol. The van der Waals surface area contributed by atoms with Crippen molar-refractivity contribution in [3.05, 3.63) is 28.8 Å². The van der Waals surface area contributed by atoms with Crippen LogP contribution in [0.4, 0.5) is 0 Å². The van der Waals surface area contributed by atoms with E-state index >= 15 is 0 Å². The summed E-state index contributed by atoms with van der Waals surface area (Å²) in [6, 6.07) is 3.84. The molecule has 0 fully saturated rings. The molecule has 1 aromatic rings. The molecule has 0 N–H and O–H groups in total. The first-order chi connectivity index (χ1) is 9.89. The average molecular weight is 321 g/mol. The van der Waals surface area contributed by atoms with Crippen molar-refractivity contribution in [1.29, 1.82) is 0 Å². The zero-order valence-electron chi connectivity index (χ0n) is 15.1. The Hall–Kier alpha value is -1.13. The van der Waals surface area contributed by atoms with Gasteiger partial charge in [-0.25, -0.2) is 0 Å². The van der Waals surface area contributed by atoms with Gasteiger partial charge in [-0.2, -0.15) is 0 Å². The molecule has 0 radical (unpaired) electrons. The van der Waals surface area contributed by atoms with Gasteiger partial charge in [0.25, 0.3) is 0 Å². The van der Waals surface area contributed by atoms with Gasteiger partial charge >= 0.3 is 8.56 Å². The molecule has 2 rings (SSSR count). The highest BCUT2D eigenvalue weighted by molar-refractivity contribution is 6.74. The number of hydrogen-bond acceptors (Lipinski definition) is 3. The molecule has 1 aliphatic heterocycles. The minimum atomic E-state index is -2.50. The summed E-state index contributed by atoms with van der Waals surface area (Å²) in [5, 5.41) is -0.0940. The van der Waals surface area contributed by atoms with Gasteiger partial charge < -0.3 is 8.85 Å². The minimum Gasteiger partial charge on any atom is -0.519 e. The van der Waals surface area contributed by atoms with E-state index in [-0.39, 0.29) is 15.9 Å². The molecule has 0 unspecified atom stereocenters. The van der Waals surface area contributed by atoms with Gasteiger partial charge in [-0.05, 0) is 31.5 Å². The lowest BCUT2D eigenvalue weighted by Crippen LogP contribution is -2.61. The summed E-state index contributed by atoms with van der Waals surface area (Å²) in [5.74, 6) is 0.999. The molecule has 0 atom stereocenters. The lowest BCUT2D eigenvalue weighted by atomic mass is 10.0. The number of rotatable bonds is 1. The van der Waals surface area contributed by atoms with E-state index in [1.165, 1.54) is 0 Å².